The van der Waals surface area contributed by atoms with Crippen molar-refractivity contribution >= 4 is 33.2 Å². The van der Waals surface area contributed by atoms with Crippen molar-refractivity contribution in [1.29, 1.82) is 0 Å². The van der Waals surface area contributed by atoms with E-state index in [1.165, 1.54) is 36.9 Å². The van der Waals surface area contributed by atoms with E-state index in [-0.39, 0.29) is 0 Å². The van der Waals surface area contributed by atoms with Crippen LogP contribution in [0.2, 0.25) is 5.02 Å². The first kappa shape index (κ1) is 14.2. The maximum Gasteiger partial charge on any atom is 0.0410 e. The molecule has 0 heterocycles. The zero-order chi connectivity index (χ0) is 13.1. The van der Waals surface area contributed by atoms with Crippen molar-refractivity contribution in [2.45, 2.75) is 44.0 Å². The SMILES string of the molecule is CC1CCC(N(C)c2ccc(Cl)cc2CBr)CC1. The molecule has 0 unspecified atom stereocenters. The summed E-state index contributed by atoms with van der Waals surface area (Å²) < 4.78 is 0. The summed E-state index contributed by atoms with van der Waals surface area (Å²) in [6.07, 6.45) is 5.32. The molecule has 0 bridgehead atoms. The fourth-order valence-electron chi connectivity index (χ4n) is 2.83. The smallest absolute Gasteiger partial charge is 0.0410 e. The second-order valence-corrected chi connectivity index (χ2v) is 6.43. The zero-order valence-corrected chi connectivity index (χ0v) is 13.5. The Morgan fingerprint density at radius 3 is 2.56 bits per heavy atom. The highest BCUT2D eigenvalue weighted by Crippen LogP contribution is 2.32. The number of anilines is 1. The number of rotatable bonds is 3. The van der Waals surface area contributed by atoms with Crippen LogP contribution >= 0.6 is 27.5 Å². The number of alkyl halides is 1. The maximum absolute atomic E-state index is 6.07. The molecule has 2 rings (SSSR count). The molecule has 1 aromatic rings. The summed E-state index contributed by atoms with van der Waals surface area (Å²) in [6.45, 7) is 2.36. The van der Waals surface area contributed by atoms with E-state index in [0.29, 0.717) is 6.04 Å². The highest BCUT2D eigenvalue weighted by Gasteiger charge is 2.23. The van der Waals surface area contributed by atoms with Crippen LogP contribution in [0.5, 0.6) is 0 Å². The average molecular weight is 331 g/mol. The Kier molecular flexibility index (Phi) is 4.97. The van der Waals surface area contributed by atoms with Gasteiger partial charge in [0.25, 0.3) is 0 Å². The number of hydrogen-bond acceptors (Lipinski definition) is 1. The van der Waals surface area contributed by atoms with E-state index in [4.69, 9.17) is 11.6 Å². The Morgan fingerprint density at radius 1 is 1.28 bits per heavy atom. The first-order valence-corrected chi connectivity index (χ1v) is 8.19. The molecule has 0 aromatic heterocycles. The first-order valence-electron chi connectivity index (χ1n) is 6.69. The Bertz CT molecular complexity index is 399. The van der Waals surface area contributed by atoms with Gasteiger partial charge in [-0.2, -0.15) is 0 Å². The van der Waals surface area contributed by atoms with Crippen LogP contribution in [0.3, 0.4) is 0 Å². The molecule has 1 aliphatic rings. The number of hydrogen-bond donors (Lipinski definition) is 0. The van der Waals surface area contributed by atoms with Gasteiger partial charge in [0, 0.05) is 29.1 Å². The van der Waals surface area contributed by atoms with E-state index < -0.39 is 0 Å². The van der Waals surface area contributed by atoms with E-state index in [1.54, 1.807) is 0 Å². The predicted molar refractivity (Wildman–Crippen MR) is 83.9 cm³/mol. The summed E-state index contributed by atoms with van der Waals surface area (Å²) in [5.74, 6) is 0.899. The van der Waals surface area contributed by atoms with Crippen molar-refractivity contribution < 1.29 is 0 Å². The third kappa shape index (κ3) is 3.21. The number of benzene rings is 1. The lowest BCUT2D eigenvalue weighted by Gasteiger charge is -2.36. The van der Waals surface area contributed by atoms with Crippen LogP contribution in [0.4, 0.5) is 5.69 Å². The van der Waals surface area contributed by atoms with Gasteiger partial charge in [0.1, 0.15) is 0 Å². The third-order valence-corrected chi connectivity index (χ3v) is 4.94. The van der Waals surface area contributed by atoms with E-state index in [1.807, 2.05) is 6.07 Å². The van der Waals surface area contributed by atoms with Crippen LogP contribution < -0.4 is 4.90 Å². The highest BCUT2D eigenvalue weighted by molar-refractivity contribution is 9.08. The number of halogens is 2. The van der Waals surface area contributed by atoms with E-state index >= 15 is 0 Å². The Morgan fingerprint density at radius 2 is 1.94 bits per heavy atom. The Hall–Kier alpha value is -0.210. The first-order chi connectivity index (χ1) is 8.61. The summed E-state index contributed by atoms with van der Waals surface area (Å²) in [4.78, 5) is 2.44. The predicted octanol–water partition coefficient (Wildman–Crippen LogP) is 5.25. The van der Waals surface area contributed by atoms with Crippen LogP contribution in [0.1, 0.15) is 38.2 Å². The molecule has 18 heavy (non-hydrogen) atoms. The second-order valence-electron chi connectivity index (χ2n) is 5.43. The van der Waals surface area contributed by atoms with Crippen LogP contribution in [0.25, 0.3) is 0 Å². The maximum atomic E-state index is 6.07. The summed E-state index contributed by atoms with van der Waals surface area (Å²) in [5, 5.41) is 1.68. The van der Waals surface area contributed by atoms with Crippen molar-refractivity contribution in [2.75, 3.05) is 11.9 Å². The fraction of sp³-hybridized carbons (Fsp3) is 0.600. The summed E-state index contributed by atoms with van der Waals surface area (Å²) >= 11 is 9.62. The lowest BCUT2D eigenvalue weighted by molar-refractivity contribution is 0.340. The molecule has 0 aliphatic heterocycles. The molecule has 0 saturated heterocycles. The molecular weight excluding hydrogens is 310 g/mol. The standard InChI is InChI=1S/C15H21BrClN/c1-11-3-6-14(7-4-11)18(2)15-8-5-13(17)9-12(15)10-16/h5,8-9,11,14H,3-4,6-7,10H2,1-2H3. The van der Waals surface area contributed by atoms with Crippen molar-refractivity contribution in [3.05, 3.63) is 28.8 Å². The van der Waals surface area contributed by atoms with Crippen LogP contribution in [-0.2, 0) is 5.33 Å². The summed E-state index contributed by atoms with van der Waals surface area (Å²) in [6, 6.07) is 6.88. The van der Waals surface area contributed by atoms with Gasteiger partial charge in [-0.3, -0.25) is 0 Å². The van der Waals surface area contributed by atoms with Crippen molar-refractivity contribution in [2.24, 2.45) is 5.92 Å². The lowest BCUT2D eigenvalue weighted by Crippen LogP contribution is -2.35. The molecule has 1 aliphatic carbocycles. The molecule has 0 N–H and O–H groups in total. The normalized spacial score (nSPS) is 24.0. The molecule has 0 amide bonds. The molecule has 3 heteroatoms. The molecule has 1 saturated carbocycles. The molecular formula is C15H21BrClN. The van der Waals surface area contributed by atoms with Gasteiger partial charge >= 0.3 is 0 Å². The molecule has 1 nitrogen and oxygen atoms in total. The van der Waals surface area contributed by atoms with Gasteiger partial charge in [-0.1, -0.05) is 34.5 Å². The van der Waals surface area contributed by atoms with Gasteiger partial charge in [0.05, 0.1) is 0 Å². The quantitative estimate of drug-likeness (QED) is 0.684. The Balaban J connectivity index is 2.15. The van der Waals surface area contributed by atoms with Gasteiger partial charge in [-0.25, -0.2) is 0 Å². The van der Waals surface area contributed by atoms with Gasteiger partial charge in [0.15, 0.2) is 0 Å². The lowest BCUT2D eigenvalue weighted by atomic mass is 9.86. The third-order valence-electron chi connectivity index (χ3n) is 4.10. The van der Waals surface area contributed by atoms with E-state index in [0.717, 1.165) is 16.3 Å². The second kappa shape index (κ2) is 6.29. The van der Waals surface area contributed by atoms with Gasteiger partial charge in [-0.05, 0) is 55.4 Å². The van der Waals surface area contributed by atoms with Crippen molar-refractivity contribution in [3.8, 4) is 0 Å². The molecule has 0 radical (unpaired) electrons. The van der Waals surface area contributed by atoms with E-state index in [9.17, 15) is 0 Å². The molecule has 0 atom stereocenters. The summed E-state index contributed by atoms with van der Waals surface area (Å²) in [5.41, 5.74) is 2.60. The molecule has 1 aromatic carbocycles. The minimum Gasteiger partial charge on any atom is -0.371 e. The Labute approximate surface area is 124 Å². The topological polar surface area (TPSA) is 3.24 Å². The van der Waals surface area contributed by atoms with Crippen LogP contribution in [0.15, 0.2) is 18.2 Å². The molecule has 100 valence electrons. The summed E-state index contributed by atoms with van der Waals surface area (Å²) in [7, 11) is 2.22. The fourth-order valence-corrected chi connectivity index (χ4v) is 3.48. The minimum atomic E-state index is 0.681. The minimum absolute atomic E-state index is 0.681. The van der Waals surface area contributed by atoms with Crippen molar-refractivity contribution in [3.63, 3.8) is 0 Å². The van der Waals surface area contributed by atoms with E-state index in [2.05, 4.69) is 46.9 Å². The van der Waals surface area contributed by atoms with Crippen molar-refractivity contribution in [1.82, 2.24) is 0 Å². The van der Waals surface area contributed by atoms with Crippen LogP contribution in [0, 0.1) is 5.92 Å². The van der Waals surface area contributed by atoms with Gasteiger partial charge < -0.3 is 4.90 Å². The average Bonchev–Trinajstić information content (AvgIpc) is 2.38. The molecule has 0 spiro atoms. The number of nitrogens with zero attached hydrogens (tertiary/aromatic N) is 1. The highest BCUT2D eigenvalue weighted by atomic mass is 79.9. The molecule has 1 fully saturated rings. The van der Waals surface area contributed by atoms with Gasteiger partial charge in [-0.15, -0.1) is 0 Å². The van der Waals surface area contributed by atoms with Crippen LogP contribution in [-0.4, -0.2) is 13.1 Å². The monoisotopic (exact) mass is 329 g/mol. The van der Waals surface area contributed by atoms with Gasteiger partial charge in [0.2, 0.25) is 0 Å². The zero-order valence-electron chi connectivity index (χ0n) is 11.1. The largest absolute Gasteiger partial charge is 0.371 e.